The van der Waals surface area contributed by atoms with E-state index in [4.69, 9.17) is 5.11 Å². The van der Waals surface area contributed by atoms with Crippen molar-refractivity contribution in [2.75, 3.05) is 5.32 Å². The number of nitrogens with one attached hydrogen (secondary N) is 1. The number of rotatable bonds is 5. The monoisotopic (exact) mass is 317 g/mol. The van der Waals surface area contributed by atoms with Crippen LogP contribution in [-0.2, 0) is 9.59 Å². The number of hydrogen-bond donors (Lipinski definition) is 2. The van der Waals surface area contributed by atoms with Gasteiger partial charge >= 0.3 is 5.97 Å². The first-order chi connectivity index (χ1) is 10.8. The Morgan fingerprint density at radius 1 is 1.04 bits per heavy atom. The molecule has 2 rings (SSSR count). The highest BCUT2D eigenvalue weighted by Crippen LogP contribution is 2.35. The summed E-state index contributed by atoms with van der Waals surface area (Å²) in [7, 11) is 0. The van der Waals surface area contributed by atoms with Crippen LogP contribution in [0.5, 0.6) is 0 Å². The molecule has 2 atom stereocenters. The van der Waals surface area contributed by atoms with Crippen molar-refractivity contribution >= 4 is 17.6 Å². The number of benzene rings is 1. The minimum absolute atomic E-state index is 0.0382. The summed E-state index contributed by atoms with van der Waals surface area (Å²) < 4.78 is 0. The second kappa shape index (κ2) is 7.16. The summed E-state index contributed by atoms with van der Waals surface area (Å²) in [5, 5.41) is 12.2. The molecule has 23 heavy (non-hydrogen) atoms. The Kier molecular flexibility index (Phi) is 5.45. The molecule has 0 aliphatic heterocycles. The molecule has 126 valence electrons. The van der Waals surface area contributed by atoms with E-state index >= 15 is 0 Å². The highest BCUT2D eigenvalue weighted by atomic mass is 16.4. The zero-order valence-electron chi connectivity index (χ0n) is 14.4. The van der Waals surface area contributed by atoms with Gasteiger partial charge in [0.05, 0.1) is 5.92 Å². The lowest BCUT2D eigenvalue weighted by Gasteiger charge is -2.21. The Labute approximate surface area is 138 Å². The number of carboxylic acids is 1. The Morgan fingerprint density at radius 3 is 2.00 bits per heavy atom. The van der Waals surface area contributed by atoms with Gasteiger partial charge in [-0.05, 0) is 42.2 Å². The van der Waals surface area contributed by atoms with Crippen molar-refractivity contribution < 1.29 is 14.7 Å². The molecule has 0 spiro atoms. The standard InChI is InChI=1S/C19H27NO3/c1-11(2)15-6-5-7-16(12(3)4)17(15)20-18(21)13-8-9-14(10-13)19(22)23/h5-7,11-14H,8-10H2,1-4H3,(H,20,21)(H,22,23)/t13-,14+/m1/s1. The molecule has 1 aliphatic rings. The number of anilines is 1. The van der Waals surface area contributed by atoms with Crippen LogP contribution in [-0.4, -0.2) is 17.0 Å². The van der Waals surface area contributed by atoms with Crippen LogP contribution < -0.4 is 5.32 Å². The number of hydrogen-bond acceptors (Lipinski definition) is 2. The summed E-state index contributed by atoms with van der Waals surface area (Å²) in [5.74, 6) is -0.764. The van der Waals surface area contributed by atoms with Crippen LogP contribution >= 0.6 is 0 Å². The van der Waals surface area contributed by atoms with Gasteiger partial charge in [-0.1, -0.05) is 45.9 Å². The number of amides is 1. The van der Waals surface area contributed by atoms with E-state index in [-0.39, 0.29) is 17.7 Å². The highest BCUT2D eigenvalue weighted by molar-refractivity contribution is 5.95. The Bertz CT molecular complexity index is 566. The Hall–Kier alpha value is -1.84. The van der Waals surface area contributed by atoms with E-state index in [1.807, 2.05) is 6.07 Å². The number of aliphatic carboxylic acids is 1. The Morgan fingerprint density at radius 2 is 1.57 bits per heavy atom. The van der Waals surface area contributed by atoms with Crippen molar-refractivity contribution in [3.63, 3.8) is 0 Å². The van der Waals surface area contributed by atoms with Crippen LogP contribution in [0, 0.1) is 11.8 Å². The Balaban J connectivity index is 2.22. The molecule has 0 saturated heterocycles. The molecule has 0 bridgehead atoms. The lowest BCUT2D eigenvalue weighted by Crippen LogP contribution is -2.23. The summed E-state index contributed by atoms with van der Waals surface area (Å²) in [6.45, 7) is 8.46. The molecule has 4 heteroatoms. The van der Waals surface area contributed by atoms with Crippen LogP contribution in [0.2, 0.25) is 0 Å². The zero-order valence-corrected chi connectivity index (χ0v) is 14.4. The van der Waals surface area contributed by atoms with Gasteiger partial charge in [0.25, 0.3) is 0 Å². The van der Waals surface area contributed by atoms with Crippen LogP contribution in [0.3, 0.4) is 0 Å². The van der Waals surface area contributed by atoms with E-state index in [0.717, 1.165) is 16.8 Å². The first-order valence-electron chi connectivity index (χ1n) is 8.47. The fourth-order valence-electron chi connectivity index (χ4n) is 3.36. The van der Waals surface area contributed by atoms with Crippen LogP contribution in [0.15, 0.2) is 18.2 Å². The van der Waals surface area contributed by atoms with Crippen LogP contribution in [0.1, 0.15) is 69.9 Å². The summed E-state index contributed by atoms with van der Waals surface area (Å²) in [6, 6.07) is 6.15. The maximum absolute atomic E-state index is 12.6. The normalized spacial score (nSPS) is 21.0. The highest BCUT2D eigenvalue weighted by Gasteiger charge is 2.34. The molecular weight excluding hydrogens is 290 g/mol. The van der Waals surface area contributed by atoms with Crippen molar-refractivity contribution in [2.24, 2.45) is 11.8 Å². The molecule has 2 N–H and O–H groups in total. The molecule has 0 heterocycles. The molecule has 0 radical (unpaired) electrons. The fraction of sp³-hybridized carbons (Fsp3) is 0.579. The maximum atomic E-state index is 12.6. The minimum Gasteiger partial charge on any atom is -0.481 e. The summed E-state index contributed by atoms with van der Waals surface area (Å²) in [4.78, 5) is 23.7. The van der Waals surface area contributed by atoms with E-state index in [0.29, 0.717) is 31.1 Å². The van der Waals surface area contributed by atoms with Gasteiger partial charge in [0.1, 0.15) is 0 Å². The predicted molar refractivity (Wildman–Crippen MR) is 91.7 cm³/mol. The van der Waals surface area contributed by atoms with E-state index < -0.39 is 5.97 Å². The van der Waals surface area contributed by atoms with Gasteiger partial charge in [-0.3, -0.25) is 9.59 Å². The van der Waals surface area contributed by atoms with E-state index in [9.17, 15) is 9.59 Å². The molecule has 1 aliphatic carbocycles. The van der Waals surface area contributed by atoms with Crippen molar-refractivity contribution in [1.82, 2.24) is 0 Å². The lowest BCUT2D eigenvalue weighted by molar-refractivity contribution is -0.141. The molecule has 1 aromatic carbocycles. The number of para-hydroxylation sites is 1. The number of carbonyl (C=O) groups excluding carboxylic acids is 1. The molecule has 1 aromatic rings. The van der Waals surface area contributed by atoms with Crippen molar-refractivity contribution in [3.8, 4) is 0 Å². The first kappa shape index (κ1) is 17.5. The molecule has 0 unspecified atom stereocenters. The summed E-state index contributed by atoms with van der Waals surface area (Å²) >= 11 is 0. The number of carbonyl (C=O) groups is 2. The average Bonchev–Trinajstić information content (AvgIpc) is 2.97. The summed E-state index contributed by atoms with van der Waals surface area (Å²) in [6.07, 6.45) is 1.70. The van der Waals surface area contributed by atoms with E-state index in [1.165, 1.54) is 0 Å². The van der Waals surface area contributed by atoms with Crippen LogP contribution in [0.4, 0.5) is 5.69 Å². The average molecular weight is 317 g/mol. The third kappa shape index (κ3) is 3.92. The summed E-state index contributed by atoms with van der Waals surface area (Å²) in [5.41, 5.74) is 3.19. The second-order valence-electron chi connectivity index (χ2n) is 7.16. The second-order valence-corrected chi connectivity index (χ2v) is 7.16. The van der Waals surface area contributed by atoms with Gasteiger partial charge in [-0.15, -0.1) is 0 Å². The quantitative estimate of drug-likeness (QED) is 0.847. The van der Waals surface area contributed by atoms with Gasteiger partial charge in [-0.2, -0.15) is 0 Å². The van der Waals surface area contributed by atoms with Crippen LogP contribution in [0.25, 0.3) is 0 Å². The van der Waals surface area contributed by atoms with Crippen molar-refractivity contribution in [1.29, 1.82) is 0 Å². The molecule has 4 nitrogen and oxygen atoms in total. The first-order valence-corrected chi connectivity index (χ1v) is 8.47. The zero-order chi connectivity index (χ0) is 17.1. The molecule has 1 amide bonds. The molecule has 1 saturated carbocycles. The minimum atomic E-state index is -0.786. The SMILES string of the molecule is CC(C)c1cccc(C(C)C)c1NC(=O)[C@@H]1CC[C@H](C(=O)O)C1. The van der Waals surface area contributed by atoms with Crippen molar-refractivity contribution in [3.05, 3.63) is 29.3 Å². The third-order valence-electron chi connectivity index (χ3n) is 4.77. The van der Waals surface area contributed by atoms with Gasteiger partial charge in [0, 0.05) is 11.6 Å². The lowest BCUT2D eigenvalue weighted by atomic mass is 9.92. The van der Waals surface area contributed by atoms with Gasteiger partial charge in [-0.25, -0.2) is 0 Å². The van der Waals surface area contributed by atoms with E-state index in [1.54, 1.807) is 0 Å². The molecule has 0 aromatic heterocycles. The largest absolute Gasteiger partial charge is 0.481 e. The molecule has 1 fully saturated rings. The number of carboxylic acid groups (broad SMARTS) is 1. The maximum Gasteiger partial charge on any atom is 0.306 e. The third-order valence-corrected chi connectivity index (χ3v) is 4.77. The van der Waals surface area contributed by atoms with Crippen molar-refractivity contribution in [2.45, 2.75) is 58.8 Å². The predicted octanol–water partition coefficient (Wildman–Crippen LogP) is 4.37. The molecular formula is C19H27NO3. The van der Waals surface area contributed by atoms with E-state index in [2.05, 4.69) is 45.1 Å². The fourth-order valence-corrected chi connectivity index (χ4v) is 3.36. The topological polar surface area (TPSA) is 66.4 Å². The van der Waals surface area contributed by atoms with Gasteiger partial charge in [0.2, 0.25) is 5.91 Å². The smallest absolute Gasteiger partial charge is 0.306 e. The van der Waals surface area contributed by atoms with Gasteiger partial charge < -0.3 is 10.4 Å². The van der Waals surface area contributed by atoms with Gasteiger partial charge in [0.15, 0.2) is 0 Å².